The summed E-state index contributed by atoms with van der Waals surface area (Å²) in [5, 5.41) is 12.8. The Labute approximate surface area is 93.0 Å². The predicted octanol–water partition coefficient (Wildman–Crippen LogP) is 2.99. The average Bonchev–Trinajstić information content (AvgIpc) is 2.81. The number of hydrogen-bond acceptors (Lipinski definition) is 2. The highest BCUT2D eigenvalue weighted by atomic mass is 15.0. The molecule has 1 unspecified atom stereocenters. The molecular formula is C13H22N2. The van der Waals surface area contributed by atoms with Gasteiger partial charge in [-0.3, -0.25) is 5.32 Å². The molecule has 2 nitrogen and oxygen atoms in total. The molecule has 0 bridgehead atoms. The van der Waals surface area contributed by atoms with Gasteiger partial charge in [0.25, 0.3) is 0 Å². The van der Waals surface area contributed by atoms with Crippen molar-refractivity contribution in [2.45, 2.75) is 69.9 Å². The predicted molar refractivity (Wildman–Crippen MR) is 61.4 cm³/mol. The third kappa shape index (κ3) is 2.95. The Balaban J connectivity index is 1.81. The number of nitrogens with zero attached hydrogens (tertiary/aromatic N) is 1. The van der Waals surface area contributed by atoms with Crippen LogP contribution < -0.4 is 5.32 Å². The van der Waals surface area contributed by atoms with E-state index in [4.69, 9.17) is 0 Å². The molecule has 84 valence electrons. The Morgan fingerprint density at radius 3 is 2.13 bits per heavy atom. The molecule has 1 N–H and O–H groups in total. The fourth-order valence-corrected chi connectivity index (χ4v) is 3.09. The van der Waals surface area contributed by atoms with Gasteiger partial charge in [0, 0.05) is 6.04 Å². The van der Waals surface area contributed by atoms with Crippen molar-refractivity contribution in [3.8, 4) is 6.07 Å². The molecule has 2 rings (SSSR count). The summed E-state index contributed by atoms with van der Waals surface area (Å²) in [5.74, 6) is 0.636. The van der Waals surface area contributed by atoms with E-state index < -0.39 is 0 Å². The molecule has 15 heavy (non-hydrogen) atoms. The minimum Gasteiger partial charge on any atom is -0.299 e. The third-order valence-electron chi connectivity index (χ3n) is 4.03. The zero-order valence-corrected chi connectivity index (χ0v) is 9.54. The lowest BCUT2D eigenvalue weighted by molar-refractivity contribution is 0.314. The topological polar surface area (TPSA) is 35.8 Å². The zero-order valence-electron chi connectivity index (χ0n) is 9.54. The van der Waals surface area contributed by atoms with Gasteiger partial charge in [0.15, 0.2) is 0 Å². The van der Waals surface area contributed by atoms with Gasteiger partial charge in [0.05, 0.1) is 12.1 Å². The molecule has 0 saturated heterocycles. The summed E-state index contributed by atoms with van der Waals surface area (Å²) in [6.45, 7) is 0. The van der Waals surface area contributed by atoms with Crippen molar-refractivity contribution in [1.29, 1.82) is 5.26 Å². The van der Waals surface area contributed by atoms with Crippen molar-refractivity contribution in [2.24, 2.45) is 5.92 Å². The van der Waals surface area contributed by atoms with E-state index in [0.29, 0.717) is 12.0 Å². The molecule has 2 aliphatic carbocycles. The van der Waals surface area contributed by atoms with E-state index in [2.05, 4.69) is 11.4 Å². The van der Waals surface area contributed by atoms with Crippen LogP contribution in [0.4, 0.5) is 0 Å². The summed E-state index contributed by atoms with van der Waals surface area (Å²) in [7, 11) is 0. The molecule has 0 aromatic carbocycles. The molecule has 0 amide bonds. The van der Waals surface area contributed by atoms with Crippen LogP contribution in [0.2, 0.25) is 0 Å². The molecule has 0 aliphatic heterocycles. The summed E-state index contributed by atoms with van der Waals surface area (Å²) in [6, 6.07) is 3.24. The maximum atomic E-state index is 9.20. The minimum absolute atomic E-state index is 0.135. The maximum Gasteiger partial charge on any atom is 0.0983 e. The molecule has 1 atom stereocenters. The van der Waals surface area contributed by atoms with Gasteiger partial charge in [-0.2, -0.15) is 5.26 Å². The van der Waals surface area contributed by atoms with E-state index >= 15 is 0 Å². The first-order chi connectivity index (χ1) is 7.40. The van der Waals surface area contributed by atoms with Gasteiger partial charge in [-0.05, 0) is 31.6 Å². The number of nitrogens with one attached hydrogen (secondary N) is 1. The molecule has 0 spiro atoms. The van der Waals surface area contributed by atoms with Gasteiger partial charge in [0.1, 0.15) is 0 Å². The van der Waals surface area contributed by atoms with Crippen molar-refractivity contribution in [3.05, 3.63) is 0 Å². The van der Waals surface area contributed by atoms with E-state index in [1.54, 1.807) is 0 Å². The van der Waals surface area contributed by atoms with Crippen LogP contribution in [0.5, 0.6) is 0 Å². The van der Waals surface area contributed by atoms with Crippen LogP contribution in [0, 0.1) is 17.2 Å². The Morgan fingerprint density at radius 1 is 0.933 bits per heavy atom. The molecular weight excluding hydrogens is 184 g/mol. The summed E-state index contributed by atoms with van der Waals surface area (Å²) in [5.41, 5.74) is 0. The first kappa shape index (κ1) is 11.0. The first-order valence-electron chi connectivity index (χ1n) is 6.56. The highest BCUT2D eigenvalue weighted by Crippen LogP contribution is 2.28. The second-order valence-corrected chi connectivity index (χ2v) is 5.15. The number of nitriles is 1. The summed E-state index contributed by atoms with van der Waals surface area (Å²) in [6.07, 6.45) is 11.8. The third-order valence-corrected chi connectivity index (χ3v) is 4.03. The van der Waals surface area contributed by atoms with Crippen molar-refractivity contribution >= 4 is 0 Å². The van der Waals surface area contributed by atoms with Crippen molar-refractivity contribution < 1.29 is 0 Å². The van der Waals surface area contributed by atoms with Crippen LogP contribution in [0.15, 0.2) is 0 Å². The van der Waals surface area contributed by atoms with Crippen LogP contribution in [0.3, 0.4) is 0 Å². The van der Waals surface area contributed by atoms with E-state index in [9.17, 15) is 5.26 Å². The van der Waals surface area contributed by atoms with Crippen LogP contribution in [0.1, 0.15) is 57.8 Å². The molecule has 0 aromatic rings. The van der Waals surface area contributed by atoms with Crippen molar-refractivity contribution in [2.75, 3.05) is 0 Å². The monoisotopic (exact) mass is 206 g/mol. The molecule has 0 heterocycles. The lowest BCUT2D eigenvalue weighted by Gasteiger charge is -2.27. The van der Waals surface area contributed by atoms with Gasteiger partial charge < -0.3 is 0 Å². The SMILES string of the molecule is N#CC(NC1CCCCC1)C1CCCC1. The van der Waals surface area contributed by atoms with Crippen molar-refractivity contribution in [1.82, 2.24) is 5.32 Å². The summed E-state index contributed by atoms with van der Waals surface area (Å²) >= 11 is 0. The summed E-state index contributed by atoms with van der Waals surface area (Å²) in [4.78, 5) is 0. The highest BCUT2D eigenvalue weighted by Gasteiger charge is 2.27. The van der Waals surface area contributed by atoms with Gasteiger partial charge >= 0.3 is 0 Å². The highest BCUT2D eigenvalue weighted by molar-refractivity contribution is 4.98. The fraction of sp³-hybridized carbons (Fsp3) is 0.923. The fourth-order valence-electron chi connectivity index (χ4n) is 3.09. The van der Waals surface area contributed by atoms with E-state index in [0.717, 1.165) is 0 Å². The van der Waals surface area contributed by atoms with E-state index in [1.165, 1.54) is 57.8 Å². The quantitative estimate of drug-likeness (QED) is 0.770. The largest absolute Gasteiger partial charge is 0.299 e. The zero-order chi connectivity index (χ0) is 10.5. The summed E-state index contributed by atoms with van der Waals surface area (Å²) < 4.78 is 0. The molecule has 0 radical (unpaired) electrons. The Bertz CT molecular complexity index is 219. The Morgan fingerprint density at radius 2 is 1.53 bits per heavy atom. The number of hydrogen-bond donors (Lipinski definition) is 1. The van der Waals surface area contributed by atoms with Crippen molar-refractivity contribution in [3.63, 3.8) is 0 Å². The Kier molecular flexibility index (Phi) is 4.02. The molecule has 2 saturated carbocycles. The minimum atomic E-state index is 0.135. The number of rotatable bonds is 3. The van der Waals surface area contributed by atoms with Crippen LogP contribution in [0.25, 0.3) is 0 Å². The Hall–Kier alpha value is -0.550. The van der Waals surface area contributed by atoms with Crippen LogP contribution in [-0.4, -0.2) is 12.1 Å². The van der Waals surface area contributed by atoms with Gasteiger partial charge in [0.2, 0.25) is 0 Å². The molecule has 2 heteroatoms. The van der Waals surface area contributed by atoms with Crippen LogP contribution >= 0.6 is 0 Å². The maximum absolute atomic E-state index is 9.20. The second-order valence-electron chi connectivity index (χ2n) is 5.15. The first-order valence-corrected chi connectivity index (χ1v) is 6.56. The second kappa shape index (κ2) is 5.51. The lowest BCUT2D eigenvalue weighted by Crippen LogP contribution is -2.42. The lowest BCUT2D eigenvalue weighted by atomic mass is 9.92. The van der Waals surface area contributed by atoms with Gasteiger partial charge in [-0.1, -0.05) is 32.1 Å². The molecule has 0 aromatic heterocycles. The molecule has 2 aliphatic rings. The van der Waals surface area contributed by atoms with Gasteiger partial charge in [-0.15, -0.1) is 0 Å². The normalized spacial score (nSPS) is 26.3. The van der Waals surface area contributed by atoms with Crippen LogP contribution in [-0.2, 0) is 0 Å². The van der Waals surface area contributed by atoms with E-state index in [-0.39, 0.29) is 6.04 Å². The average molecular weight is 206 g/mol. The van der Waals surface area contributed by atoms with E-state index in [1.807, 2.05) is 0 Å². The molecule has 2 fully saturated rings. The standard InChI is InChI=1S/C13H22N2/c14-10-13(11-6-4-5-7-11)15-12-8-2-1-3-9-12/h11-13,15H,1-9H2. The smallest absolute Gasteiger partial charge is 0.0983 e. The van der Waals surface area contributed by atoms with Gasteiger partial charge in [-0.25, -0.2) is 0 Å².